The van der Waals surface area contributed by atoms with Gasteiger partial charge in [-0.05, 0) is 17.7 Å². The van der Waals surface area contributed by atoms with E-state index < -0.39 is 10.7 Å². The first-order valence-corrected chi connectivity index (χ1v) is 4.21. The first-order valence-electron chi connectivity index (χ1n) is 3.29. The van der Waals surface area contributed by atoms with Crippen molar-refractivity contribution in [2.24, 2.45) is 0 Å². The van der Waals surface area contributed by atoms with Gasteiger partial charge in [-0.3, -0.25) is 10.5 Å². The molecule has 1 amide bonds. The predicted molar refractivity (Wildman–Crippen MR) is 47.9 cm³/mol. The Balaban J connectivity index is 2.89. The summed E-state index contributed by atoms with van der Waals surface area (Å²) in [7, 11) is 0. The lowest BCUT2D eigenvalue weighted by molar-refractivity contribution is -0.118. The van der Waals surface area contributed by atoms with Crippen molar-refractivity contribution in [2.45, 2.75) is 4.83 Å². The summed E-state index contributed by atoms with van der Waals surface area (Å²) in [5.74, 6) is -0.545. The lowest BCUT2D eigenvalue weighted by Crippen LogP contribution is -2.05. The largest absolute Gasteiger partial charge is 0.508 e. The zero-order valence-electron chi connectivity index (χ0n) is 6.12. The third-order valence-corrected chi connectivity index (χ3v) is 2.36. The fourth-order valence-corrected chi connectivity index (χ4v) is 1.10. The number of hydrogen-bond acceptors (Lipinski definition) is 2. The Bertz CT molecular complexity index is 284. The smallest absolute Gasteiger partial charge is 0.256 e. The molecule has 1 radical (unpaired) electrons. The maximum Gasteiger partial charge on any atom is 0.256 e. The van der Waals surface area contributed by atoms with Gasteiger partial charge >= 0.3 is 0 Å². The molecule has 1 aromatic carbocycles. The summed E-state index contributed by atoms with van der Waals surface area (Å²) in [5, 5.41) is 8.93. The zero-order chi connectivity index (χ0) is 9.14. The Morgan fingerprint density at radius 1 is 1.42 bits per heavy atom. The number of phenolic OH excluding ortho intramolecular Hbond substituents is 1. The number of hydrogen-bond donors (Lipinski definition) is 1. The van der Waals surface area contributed by atoms with Gasteiger partial charge in [0, 0.05) is 0 Å². The Labute approximate surface area is 78.3 Å². The van der Waals surface area contributed by atoms with Crippen LogP contribution in [0.4, 0.5) is 0 Å². The summed E-state index contributed by atoms with van der Waals surface area (Å²) < 4.78 is 0. The molecule has 1 aromatic rings. The van der Waals surface area contributed by atoms with Crippen LogP contribution in [0.1, 0.15) is 10.4 Å². The highest BCUT2D eigenvalue weighted by Crippen LogP contribution is 2.23. The van der Waals surface area contributed by atoms with Crippen molar-refractivity contribution in [1.82, 2.24) is 5.73 Å². The van der Waals surface area contributed by atoms with Crippen LogP contribution in [-0.2, 0) is 4.79 Å². The number of amides is 1. The van der Waals surface area contributed by atoms with E-state index in [1.54, 1.807) is 12.1 Å². The highest BCUT2D eigenvalue weighted by molar-refractivity contribution is 9.09. The lowest BCUT2D eigenvalue weighted by atomic mass is 10.1. The van der Waals surface area contributed by atoms with Gasteiger partial charge in [0.05, 0.1) is 0 Å². The molecular weight excluding hydrogens is 222 g/mol. The Kier molecular flexibility index (Phi) is 2.70. The number of halogens is 1. The molecule has 0 bridgehead atoms. The number of alkyl halides is 1. The van der Waals surface area contributed by atoms with E-state index in [0.29, 0.717) is 5.56 Å². The van der Waals surface area contributed by atoms with E-state index in [2.05, 4.69) is 15.9 Å². The molecule has 0 fully saturated rings. The zero-order valence-corrected chi connectivity index (χ0v) is 7.71. The van der Waals surface area contributed by atoms with Crippen molar-refractivity contribution >= 4 is 21.8 Å². The monoisotopic (exact) mass is 228 g/mol. The van der Waals surface area contributed by atoms with Gasteiger partial charge in [0.2, 0.25) is 0 Å². The average Bonchev–Trinajstić information content (AvgIpc) is 2.04. The minimum Gasteiger partial charge on any atom is -0.508 e. The maximum absolute atomic E-state index is 10.6. The quantitative estimate of drug-likeness (QED) is 0.783. The molecule has 1 atom stereocenters. The number of nitrogens with one attached hydrogen (secondary N) is 1. The summed E-state index contributed by atoms with van der Waals surface area (Å²) in [5.41, 5.74) is 7.50. The fourth-order valence-electron chi connectivity index (χ4n) is 0.795. The second-order valence-electron chi connectivity index (χ2n) is 2.32. The second kappa shape index (κ2) is 3.58. The summed E-state index contributed by atoms with van der Waals surface area (Å²) in [6.45, 7) is 0. The Morgan fingerprint density at radius 3 is 2.33 bits per heavy atom. The first-order chi connectivity index (χ1) is 5.61. The molecular formula is C8H7BrNO2. The molecule has 3 nitrogen and oxygen atoms in total. The molecule has 0 aliphatic carbocycles. The van der Waals surface area contributed by atoms with Crippen molar-refractivity contribution in [1.29, 1.82) is 0 Å². The number of rotatable bonds is 2. The van der Waals surface area contributed by atoms with Crippen LogP contribution in [0.25, 0.3) is 0 Å². The third kappa shape index (κ3) is 1.98. The van der Waals surface area contributed by atoms with E-state index in [9.17, 15) is 4.79 Å². The van der Waals surface area contributed by atoms with Crippen LogP contribution in [0, 0.1) is 0 Å². The number of phenols is 1. The van der Waals surface area contributed by atoms with Crippen molar-refractivity contribution < 1.29 is 9.90 Å². The molecule has 0 saturated carbocycles. The number of benzene rings is 1. The summed E-state index contributed by atoms with van der Waals surface area (Å²) in [6.07, 6.45) is 0. The molecule has 12 heavy (non-hydrogen) atoms. The minimum absolute atomic E-state index is 0.149. The molecule has 0 aliphatic rings. The summed E-state index contributed by atoms with van der Waals surface area (Å²) in [6, 6.07) is 6.15. The van der Waals surface area contributed by atoms with Crippen LogP contribution in [0.2, 0.25) is 0 Å². The van der Waals surface area contributed by atoms with Crippen molar-refractivity contribution in [3.63, 3.8) is 0 Å². The normalized spacial score (nSPS) is 12.4. The standard InChI is InChI=1S/C8H7BrNO2/c9-7(8(10)12)5-1-3-6(11)4-2-5/h1-4,7,10-11H. The maximum atomic E-state index is 10.6. The first kappa shape index (κ1) is 9.06. The molecule has 4 heteroatoms. The molecule has 2 N–H and O–H groups in total. The summed E-state index contributed by atoms with van der Waals surface area (Å²) in [4.78, 5) is 9.99. The van der Waals surface area contributed by atoms with E-state index in [1.807, 2.05) is 0 Å². The Morgan fingerprint density at radius 2 is 1.92 bits per heavy atom. The second-order valence-corrected chi connectivity index (χ2v) is 3.23. The van der Waals surface area contributed by atoms with Crippen molar-refractivity contribution in [2.75, 3.05) is 0 Å². The van der Waals surface area contributed by atoms with Crippen LogP contribution < -0.4 is 5.73 Å². The molecule has 0 spiro atoms. The van der Waals surface area contributed by atoms with Crippen molar-refractivity contribution in [3.8, 4) is 5.75 Å². The van der Waals surface area contributed by atoms with Crippen LogP contribution in [-0.4, -0.2) is 11.0 Å². The topological polar surface area (TPSA) is 61.1 Å². The fraction of sp³-hybridized carbons (Fsp3) is 0.125. The number of carbonyl (C=O) groups is 1. The van der Waals surface area contributed by atoms with Gasteiger partial charge in [-0.15, -0.1) is 0 Å². The summed E-state index contributed by atoms with van der Waals surface area (Å²) >= 11 is 3.06. The molecule has 1 unspecified atom stereocenters. The van der Waals surface area contributed by atoms with Crippen molar-refractivity contribution in [3.05, 3.63) is 29.8 Å². The average molecular weight is 229 g/mol. The van der Waals surface area contributed by atoms with Gasteiger partial charge in [-0.25, -0.2) is 0 Å². The van der Waals surface area contributed by atoms with E-state index in [4.69, 9.17) is 10.8 Å². The van der Waals surface area contributed by atoms with Crippen LogP contribution in [0.15, 0.2) is 24.3 Å². The van der Waals surface area contributed by atoms with Gasteiger partial charge in [0.25, 0.3) is 5.91 Å². The molecule has 1 rings (SSSR count). The van der Waals surface area contributed by atoms with Gasteiger partial charge < -0.3 is 5.11 Å². The van der Waals surface area contributed by atoms with Crippen LogP contribution in [0.3, 0.4) is 0 Å². The van der Waals surface area contributed by atoms with Gasteiger partial charge in [-0.2, -0.15) is 0 Å². The lowest BCUT2D eigenvalue weighted by Gasteiger charge is -2.03. The van der Waals surface area contributed by atoms with E-state index in [0.717, 1.165) is 0 Å². The molecule has 0 saturated heterocycles. The molecule has 63 valence electrons. The van der Waals surface area contributed by atoms with Gasteiger partial charge in [-0.1, -0.05) is 28.1 Å². The molecule has 0 aliphatic heterocycles. The third-order valence-electron chi connectivity index (χ3n) is 1.42. The van der Waals surface area contributed by atoms with E-state index in [-0.39, 0.29) is 5.75 Å². The predicted octanol–water partition coefficient (Wildman–Crippen LogP) is 1.64. The van der Waals surface area contributed by atoms with E-state index >= 15 is 0 Å². The number of carbonyl (C=O) groups excluding carboxylic acids is 1. The molecule has 0 heterocycles. The minimum atomic E-state index is -0.694. The SMILES string of the molecule is [NH]C(=O)C(Br)c1ccc(O)cc1. The van der Waals surface area contributed by atoms with E-state index in [1.165, 1.54) is 12.1 Å². The van der Waals surface area contributed by atoms with Gasteiger partial charge in [0.15, 0.2) is 0 Å². The Hall–Kier alpha value is -1.03. The highest BCUT2D eigenvalue weighted by Gasteiger charge is 2.13. The van der Waals surface area contributed by atoms with Gasteiger partial charge in [0.1, 0.15) is 10.6 Å². The number of aromatic hydroxyl groups is 1. The van der Waals surface area contributed by atoms with Crippen LogP contribution >= 0.6 is 15.9 Å². The molecule has 0 aromatic heterocycles. The van der Waals surface area contributed by atoms with Crippen LogP contribution in [0.5, 0.6) is 5.75 Å². The highest BCUT2D eigenvalue weighted by atomic mass is 79.9.